The maximum atomic E-state index is 12.5. The zero-order valence-electron chi connectivity index (χ0n) is 14.2. The van der Waals surface area contributed by atoms with Crippen LogP contribution in [0.1, 0.15) is 30.4 Å². The van der Waals surface area contributed by atoms with E-state index in [2.05, 4.69) is 41.5 Å². The van der Waals surface area contributed by atoms with Crippen molar-refractivity contribution in [3.05, 3.63) is 35.9 Å². The third kappa shape index (κ3) is 3.23. The number of hydrogen-bond acceptors (Lipinski definition) is 7. The summed E-state index contributed by atoms with van der Waals surface area (Å²) >= 11 is 0. The number of likely N-dealkylation sites (tertiary alicyclic amines) is 1. The van der Waals surface area contributed by atoms with Crippen LogP contribution in [0, 0.1) is 6.92 Å². The van der Waals surface area contributed by atoms with E-state index in [1.165, 1.54) is 0 Å². The summed E-state index contributed by atoms with van der Waals surface area (Å²) in [6, 6.07) is 7.30. The number of carbonyl (C=O) groups is 1. The van der Waals surface area contributed by atoms with Crippen molar-refractivity contribution in [3.63, 3.8) is 0 Å². The van der Waals surface area contributed by atoms with E-state index in [9.17, 15) is 4.79 Å². The van der Waals surface area contributed by atoms with Crippen LogP contribution < -0.4 is 5.32 Å². The van der Waals surface area contributed by atoms with Crippen LogP contribution in [-0.4, -0.2) is 64.9 Å². The molecule has 11 nitrogen and oxygen atoms in total. The number of H-pyrrole nitrogens is 1. The van der Waals surface area contributed by atoms with Crippen LogP contribution in [0.2, 0.25) is 0 Å². The lowest BCUT2D eigenvalue weighted by Gasteiger charge is -2.30. The zero-order chi connectivity index (χ0) is 17.9. The Kier molecular flexibility index (Phi) is 4.25. The second-order valence-corrected chi connectivity index (χ2v) is 6.15. The van der Waals surface area contributed by atoms with Gasteiger partial charge in [-0.1, -0.05) is 11.3 Å². The summed E-state index contributed by atoms with van der Waals surface area (Å²) in [5, 5.41) is 28.5. The lowest BCUT2D eigenvalue weighted by molar-refractivity contribution is 0.193. The summed E-state index contributed by atoms with van der Waals surface area (Å²) < 4.78 is 1.62. The molecule has 3 aromatic rings. The average Bonchev–Trinajstić information content (AvgIpc) is 3.34. The van der Waals surface area contributed by atoms with Crippen molar-refractivity contribution >= 4 is 11.7 Å². The van der Waals surface area contributed by atoms with Gasteiger partial charge in [-0.15, -0.1) is 15.3 Å². The van der Waals surface area contributed by atoms with Gasteiger partial charge in [-0.2, -0.15) is 9.90 Å². The highest BCUT2D eigenvalue weighted by atomic mass is 16.2. The standard InChI is InChI=1S/C15H18N10O/c1-10-17-22-23-25(10)13-4-2-3-12(9-13)16-15(26)24-7-5-11(6-8-24)14-18-20-21-19-14/h2-4,9,11H,5-8H2,1H3,(H,16,26)(H,18,19,20,21). The van der Waals surface area contributed by atoms with E-state index < -0.39 is 0 Å². The van der Waals surface area contributed by atoms with Crippen LogP contribution in [0.5, 0.6) is 0 Å². The molecule has 26 heavy (non-hydrogen) atoms. The highest BCUT2D eigenvalue weighted by Crippen LogP contribution is 2.25. The molecule has 4 rings (SSSR count). The van der Waals surface area contributed by atoms with Gasteiger partial charge in [0, 0.05) is 24.7 Å². The second-order valence-electron chi connectivity index (χ2n) is 6.15. The smallest absolute Gasteiger partial charge is 0.321 e. The molecule has 2 aromatic heterocycles. The fourth-order valence-corrected chi connectivity index (χ4v) is 3.07. The van der Waals surface area contributed by atoms with Crippen LogP contribution in [0.15, 0.2) is 24.3 Å². The number of urea groups is 1. The Morgan fingerprint density at radius 1 is 1.27 bits per heavy atom. The first kappa shape index (κ1) is 16.1. The monoisotopic (exact) mass is 354 g/mol. The highest BCUT2D eigenvalue weighted by Gasteiger charge is 2.26. The number of rotatable bonds is 3. The zero-order valence-corrected chi connectivity index (χ0v) is 14.2. The molecule has 0 saturated carbocycles. The van der Waals surface area contributed by atoms with Crippen LogP contribution in [0.25, 0.3) is 5.69 Å². The maximum absolute atomic E-state index is 12.5. The predicted molar refractivity (Wildman–Crippen MR) is 90.6 cm³/mol. The summed E-state index contributed by atoms with van der Waals surface area (Å²) in [5.41, 5.74) is 1.49. The predicted octanol–water partition coefficient (Wildman–Crippen LogP) is 0.895. The molecule has 1 aliphatic heterocycles. The molecule has 0 spiro atoms. The number of aryl methyl sites for hydroxylation is 1. The van der Waals surface area contributed by atoms with Gasteiger partial charge in [0.05, 0.1) is 5.69 Å². The molecule has 0 aliphatic carbocycles. The van der Waals surface area contributed by atoms with Gasteiger partial charge in [-0.25, -0.2) is 4.79 Å². The number of anilines is 1. The SMILES string of the molecule is Cc1nnnn1-c1cccc(NC(=O)N2CCC(c3nn[nH]n3)CC2)c1. The lowest BCUT2D eigenvalue weighted by Crippen LogP contribution is -2.40. The second kappa shape index (κ2) is 6.86. The summed E-state index contributed by atoms with van der Waals surface area (Å²) in [4.78, 5) is 14.3. The third-order valence-electron chi connectivity index (χ3n) is 4.48. The minimum Gasteiger partial charge on any atom is -0.324 e. The molecule has 1 fully saturated rings. The first-order chi connectivity index (χ1) is 12.7. The first-order valence-electron chi connectivity index (χ1n) is 8.35. The number of tetrazole rings is 2. The van der Waals surface area contributed by atoms with Crippen LogP contribution in [0.3, 0.4) is 0 Å². The van der Waals surface area contributed by atoms with Gasteiger partial charge < -0.3 is 10.2 Å². The number of aromatic amines is 1. The first-order valence-corrected chi connectivity index (χ1v) is 8.35. The molecule has 2 N–H and O–H groups in total. The third-order valence-corrected chi connectivity index (χ3v) is 4.48. The Hall–Kier alpha value is -3.37. The Morgan fingerprint density at radius 3 is 2.81 bits per heavy atom. The van der Waals surface area contributed by atoms with E-state index in [0.29, 0.717) is 24.6 Å². The summed E-state index contributed by atoms with van der Waals surface area (Å²) in [6.45, 7) is 3.12. The number of benzene rings is 1. The van der Waals surface area contributed by atoms with Crippen molar-refractivity contribution in [2.75, 3.05) is 18.4 Å². The van der Waals surface area contributed by atoms with Gasteiger partial charge in [0.15, 0.2) is 11.6 Å². The summed E-state index contributed by atoms with van der Waals surface area (Å²) in [5.74, 6) is 1.63. The number of piperidine rings is 1. The van der Waals surface area contributed by atoms with E-state index in [1.54, 1.807) is 9.58 Å². The number of nitrogens with zero attached hydrogens (tertiary/aromatic N) is 8. The molecule has 0 bridgehead atoms. The largest absolute Gasteiger partial charge is 0.324 e. The van der Waals surface area contributed by atoms with Crippen molar-refractivity contribution < 1.29 is 4.79 Å². The van der Waals surface area contributed by atoms with Gasteiger partial charge in [-0.05, 0) is 48.4 Å². The van der Waals surface area contributed by atoms with E-state index in [1.807, 2.05) is 31.2 Å². The van der Waals surface area contributed by atoms with Gasteiger partial charge >= 0.3 is 6.03 Å². The normalized spacial score (nSPS) is 15.2. The van der Waals surface area contributed by atoms with Crippen LogP contribution >= 0.6 is 0 Å². The number of nitrogens with one attached hydrogen (secondary N) is 2. The van der Waals surface area contributed by atoms with Crippen molar-refractivity contribution in [2.45, 2.75) is 25.7 Å². The molecule has 2 amide bonds. The van der Waals surface area contributed by atoms with Crippen LogP contribution in [-0.2, 0) is 0 Å². The van der Waals surface area contributed by atoms with Gasteiger partial charge in [0.25, 0.3) is 0 Å². The fourth-order valence-electron chi connectivity index (χ4n) is 3.07. The minimum atomic E-state index is -0.123. The highest BCUT2D eigenvalue weighted by molar-refractivity contribution is 5.89. The molecule has 1 aliphatic rings. The van der Waals surface area contributed by atoms with Crippen molar-refractivity contribution in [1.82, 2.24) is 45.7 Å². The molecule has 0 radical (unpaired) electrons. The molecular formula is C15H18N10O. The number of carbonyl (C=O) groups excluding carboxylic acids is 1. The van der Waals surface area contributed by atoms with Crippen molar-refractivity contribution in [2.24, 2.45) is 0 Å². The molecule has 1 aromatic carbocycles. The minimum absolute atomic E-state index is 0.123. The van der Waals surface area contributed by atoms with Gasteiger partial charge in [0.1, 0.15) is 0 Å². The Morgan fingerprint density at radius 2 is 2.12 bits per heavy atom. The average molecular weight is 354 g/mol. The number of hydrogen-bond donors (Lipinski definition) is 2. The molecule has 11 heteroatoms. The molecule has 3 heterocycles. The Labute approximate surface area is 148 Å². The van der Waals surface area contributed by atoms with Gasteiger partial charge in [0.2, 0.25) is 0 Å². The Bertz CT molecular complexity index is 881. The number of amides is 2. The van der Waals surface area contributed by atoms with Gasteiger partial charge in [-0.3, -0.25) is 0 Å². The van der Waals surface area contributed by atoms with E-state index in [-0.39, 0.29) is 11.9 Å². The maximum Gasteiger partial charge on any atom is 0.321 e. The van der Waals surface area contributed by atoms with Crippen LogP contribution in [0.4, 0.5) is 10.5 Å². The summed E-state index contributed by atoms with van der Waals surface area (Å²) in [6.07, 6.45) is 1.63. The van der Waals surface area contributed by atoms with E-state index >= 15 is 0 Å². The topological polar surface area (TPSA) is 130 Å². The molecular weight excluding hydrogens is 336 g/mol. The molecule has 1 saturated heterocycles. The number of aromatic nitrogens is 8. The van der Waals surface area contributed by atoms with Crippen molar-refractivity contribution in [1.29, 1.82) is 0 Å². The quantitative estimate of drug-likeness (QED) is 0.714. The fraction of sp³-hybridized carbons (Fsp3) is 0.400. The summed E-state index contributed by atoms with van der Waals surface area (Å²) in [7, 11) is 0. The van der Waals surface area contributed by atoms with Crippen molar-refractivity contribution in [3.8, 4) is 5.69 Å². The van der Waals surface area contributed by atoms with E-state index in [0.717, 1.165) is 24.4 Å². The molecule has 0 unspecified atom stereocenters. The molecule has 134 valence electrons. The Balaban J connectivity index is 1.39. The lowest BCUT2D eigenvalue weighted by atomic mass is 9.96. The molecule has 0 atom stereocenters. The van der Waals surface area contributed by atoms with E-state index in [4.69, 9.17) is 0 Å².